The maximum Gasteiger partial charge on any atom is 0.0169 e. The molecule has 0 aliphatic heterocycles. The second kappa shape index (κ2) is 8.12. The molecule has 0 heterocycles. The molecule has 0 bridgehead atoms. The van der Waals surface area contributed by atoms with Crippen LogP contribution in [0.25, 0.3) is 0 Å². The van der Waals surface area contributed by atoms with Gasteiger partial charge in [-0.1, -0.05) is 40.2 Å². The van der Waals surface area contributed by atoms with E-state index in [-0.39, 0.29) is 0 Å². The molecule has 0 radical (unpaired) electrons. The van der Waals surface area contributed by atoms with E-state index in [2.05, 4.69) is 48.5 Å². The van der Waals surface area contributed by atoms with Crippen molar-refractivity contribution in [3.63, 3.8) is 0 Å². The zero-order valence-electron chi connectivity index (χ0n) is 11.6. The van der Waals surface area contributed by atoms with Crippen molar-refractivity contribution in [3.8, 4) is 0 Å². The fraction of sp³-hybridized carbons (Fsp3) is 0.857. The third-order valence-electron chi connectivity index (χ3n) is 3.93. The summed E-state index contributed by atoms with van der Waals surface area (Å²) in [6.07, 6.45) is 8.46. The van der Waals surface area contributed by atoms with Crippen LogP contribution in [-0.4, -0.2) is 24.7 Å². The van der Waals surface area contributed by atoms with Crippen molar-refractivity contribution in [2.45, 2.75) is 46.5 Å². The van der Waals surface area contributed by atoms with Gasteiger partial charge in [0.25, 0.3) is 0 Å². The van der Waals surface area contributed by atoms with Gasteiger partial charge in [0.2, 0.25) is 0 Å². The van der Waals surface area contributed by atoms with Crippen LogP contribution in [0, 0.1) is 11.3 Å². The van der Waals surface area contributed by atoms with Crippen molar-refractivity contribution < 1.29 is 0 Å². The van der Waals surface area contributed by atoms with E-state index in [9.17, 15) is 0 Å². The smallest absolute Gasteiger partial charge is 0.0169 e. The molecule has 0 N–H and O–H groups in total. The van der Waals surface area contributed by atoms with Gasteiger partial charge < -0.3 is 4.90 Å². The first-order chi connectivity index (χ1) is 7.46. The molecule has 0 aliphatic carbocycles. The molecule has 96 valence electrons. The molecule has 0 rings (SSSR count). The van der Waals surface area contributed by atoms with Crippen molar-refractivity contribution >= 4 is 9.24 Å². The zero-order chi connectivity index (χ0) is 12.6. The van der Waals surface area contributed by atoms with Crippen LogP contribution >= 0.6 is 9.24 Å². The fourth-order valence-electron chi connectivity index (χ4n) is 1.78. The molecule has 2 heteroatoms. The summed E-state index contributed by atoms with van der Waals surface area (Å²) in [5.74, 6) is 0.779. The molecular weight excluding hydrogens is 213 g/mol. The van der Waals surface area contributed by atoms with Gasteiger partial charge >= 0.3 is 0 Å². The Hall–Kier alpha value is -0.0300. The quantitative estimate of drug-likeness (QED) is 0.434. The van der Waals surface area contributed by atoms with Gasteiger partial charge in [0, 0.05) is 13.6 Å². The minimum atomic E-state index is 0.509. The predicted molar refractivity (Wildman–Crippen MR) is 78.8 cm³/mol. The molecule has 0 saturated carbocycles. The molecule has 16 heavy (non-hydrogen) atoms. The van der Waals surface area contributed by atoms with Crippen molar-refractivity contribution in [1.29, 1.82) is 0 Å². The number of unbranched alkanes of at least 4 members (excludes halogenated alkanes) is 2. The van der Waals surface area contributed by atoms with Crippen LogP contribution in [0.5, 0.6) is 0 Å². The number of hydrogen-bond acceptors (Lipinski definition) is 1. The zero-order valence-corrected chi connectivity index (χ0v) is 12.8. The van der Waals surface area contributed by atoms with Crippen molar-refractivity contribution in [2.75, 3.05) is 19.8 Å². The van der Waals surface area contributed by atoms with E-state index in [0.717, 1.165) is 12.5 Å². The lowest BCUT2D eigenvalue weighted by Crippen LogP contribution is -2.25. The first-order valence-corrected chi connectivity index (χ1v) is 7.31. The third kappa shape index (κ3) is 5.89. The average molecular weight is 243 g/mol. The van der Waals surface area contributed by atoms with Gasteiger partial charge in [0.05, 0.1) is 0 Å². The maximum absolute atomic E-state index is 3.76. The molecule has 0 aromatic heterocycles. The van der Waals surface area contributed by atoms with Gasteiger partial charge in [0.15, 0.2) is 0 Å². The van der Waals surface area contributed by atoms with Crippen molar-refractivity contribution in [2.24, 2.45) is 11.3 Å². The molecule has 2 atom stereocenters. The van der Waals surface area contributed by atoms with Gasteiger partial charge in [-0.2, -0.15) is 0 Å². The van der Waals surface area contributed by atoms with Crippen LogP contribution in [-0.2, 0) is 0 Å². The molecule has 0 aromatic carbocycles. The van der Waals surface area contributed by atoms with E-state index >= 15 is 0 Å². The van der Waals surface area contributed by atoms with E-state index in [4.69, 9.17) is 0 Å². The Labute approximate surface area is 105 Å². The molecule has 0 aliphatic rings. The first kappa shape index (κ1) is 16.0. The summed E-state index contributed by atoms with van der Waals surface area (Å²) in [7, 11) is 5.01. The molecule has 0 aromatic rings. The molecule has 0 saturated heterocycles. The SMILES string of the molecule is C=CN(C)CCCCCC(C)(CP)C(C)C. The Bertz CT molecular complexity index is 191. The Morgan fingerprint density at radius 3 is 2.38 bits per heavy atom. The summed E-state index contributed by atoms with van der Waals surface area (Å²) in [4.78, 5) is 2.16. The van der Waals surface area contributed by atoms with Crippen LogP contribution in [0.4, 0.5) is 0 Å². The summed E-state index contributed by atoms with van der Waals surface area (Å²) in [6, 6.07) is 0. The second-order valence-corrected chi connectivity index (χ2v) is 5.89. The monoisotopic (exact) mass is 243 g/mol. The molecular formula is C14H30NP. The molecule has 1 nitrogen and oxygen atoms in total. The summed E-state index contributed by atoms with van der Waals surface area (Å²) in [6.45, 7) is 12.0. The summed E-state index contributed by atoms with van der Waals surface area (Å²) in [5.41, 5.74) is 0.509. The molecule has 2 unspecified atom stereocenters. The van der Waals surface area contributed by atoms with Gasteiger partial charge in [-0.3, -0.25) is 0 Å². The van der Waals surface area contributed by atoms with E-state index in [1.807, 2.05) is 6.20 Å². The van der Waals surface area contributed by atoms with Crippen LogP contribution < -0.4 is 0 Å². The highest BCUT2D eigenvalue weighted by molar-refractivity contribution is 7.16. The normalized spacial score (nSPS) is 14.9. The Morgan fingerprint density at radius 1 is 1.31 bits per heavy atom. The van der Waals surface area contributed by atoms with E-state index in [0.29, 0.717) is 5.41 Å². The Balaban J connectivity index is 3.68. The Morgan fingerprint density at radius 2 is 1.94 bits per heavy atom. The molecule has 0 spiro atoms. The molecule has 0 fully saturated rings. The Kier molecular flexibility index (Phi) is 8.10. The largest absolute Gasteiger partial charge is 0.381 e. The van der Waals surface area contributed by atoms with Gasteiger partial charge in [-0.25, -0.2) is 0 Å². The summed E-state index contributed by atoms with van der Waals surface area (Å²) < 4.78 is 0. The highest BCUT2D eigenvalue weighted by atomic mass is 31.0. The van der Waals surface area contributed by atoms with Gasteiger partial charge in [0.1, 0.15) is 0 Å². The van der Waals surface area contributed by atoms with Crippen LogP contribution in [0.1, 0.15) is 46.5 Å². The van der Waals surface area contributed by atoms with Crippen LogP contribution in [0.3, 0.4) is 0 Å². The second-order valence-electron chi connectivity index (χ2n) is 5.49. The van der Waals surface area contributed by atoms with E-state index in [1.54, 1.807) is 0 Å². The van der Waals surface area contributed by atoms with Crippen molar-refractivity contribution in [3.05, 3.63) is 12.8 Å². The van der Waals surface area contributed by atoms with E-state index < -0.39 is 0 Å². The molecule has 0 amide bonds. The topological polar surface area (TPSA) is 3.24 Å². The minimum absolute atomic E-state index is 0.509. The minimum Gasteiger partial charge on any atom is -0.381 e. The van der Waals surface area contributed by atoms with Gasteiger partial charge in [-0.05, 0) is 36.5 Å². The lowest BCUT2D eigenvalue weighted by molar-refractivity contribution is 0.227. The fourth-order valence-corrected chi connectivity index (χ4v) is 2.46. The summed E-state index contributed by atoms with van der Waals surface area (Å²) in [5, 5.41) is 0. The van der Waals surface area contributed by atoms with Crippen LogP contribution in [0.2, 0.25) is 0 Å². The van der Waals surface area contributed by atoms with Crippen molar-refractivity contribution in [1.82, 2.24) is 4.90 Å². The van der Waals surface area contributed by atoms with Crippen LogP contribution in [0.15, 0.2) is 12.8 Å². The first-order valence-electron chi connectivity index (χ1n) is 6.49. The third-order valence-corrected chi connectivity index (χ3v) is 4.86. The van der Waals surface area contributed by atoms with E-state index in [1.165, 1.54) is 31.8 Å². The predicted octanol–water partition coefficient (Wildman–Crippen LogP) is 4.16. The highest BCUT2D eigenvalue weighted by Gasteiger charge is 2.25. The highest BCUT2D eigenvalue weighted by Crippen LogP contribution is 2.34. The maximum atomic E-state index is 3.76. The lowest BCUT2D eigenvalue weighted by atomic mass is 9.77. The number of hydrogen-bond donors (Lipinski definition) is 0. The lowest BCUT2D eigenvalue weighted by Gasteiger charge is -2.32. The van der Waals surface area contributed by atoms with Gasteiger partial charge in [-0.15, -0.1) is 9.24 Å². The summed E-state index contributed by atoms with van der Waals surface area (Å²) >= 11 is 0. The number of nitrogens with zero attached hydrogens (tertiary/aromatic N) is 1. The standard InChI is InChI=1S/C14H30NP/c1-6-15(5)11-9-7-8-10-14(4,12-16)13(2)3/h6,13H,1,7-12,16H2,2-5H3. The number of rotatable bonds is 9. The average Bonchev–Trinajstić information content (AvgIpc) is 2.27.